The molecule has 0 saturated carbocycles. The van der Waals surface area contributed by atoms with Crippen LogP contribution in [0.3, 0.4) is 0 Å². The molecule has 5 heteroatoms. The molecule has 0 aliphatic rings. The van der Waals surface area contributed by atoms with E-state index in [9.17, 15) is 9.59 Å². The molecule has 2 aromatic carbocycles. The van der Waals surface area contributed by atoms with Gasteiger partial charge in [0.05, 0.1) is 0 Å². The number of amides is 1. The number of hydrogen-bond acceptors (Lipinski definition) is 4. The van der Waals surface area contributed by atoms with Crippen LogP contribution < -0.4 is 10.1 Å². The molecule has 0 atom stereocenters. The van der Waals surface area contributed by atoms with Crippen LogP contribution in [0, 0.1) is 6.92 Å². The van der Waals surface area contributed by atoms with E-state index in [2.05, 4.69) is 19.2 Å². The van der Waals surface area contributed by atoms with Gasteiger partial charge < -0.3 is 14.8 Å². The zero-order chi connectivity index (χ0) is 18.9. The van der Waals surface area contributed by atoms with E-state index in [-0.39, 0.29) is 19.1 Å². The maximum Gasteiger partial charge on any atom is 0.344 e. The molecule has 0 bridgehead atoms. The number of esters is 1. The van der Waals surface area contributed by atoms with Gasteiger partial charge in [0.25, 0.3) is 5.91 Å². The first-order chi connectivity index (χ1) is 12.5. The van der Waals surface area contributed by atoms with Crippen LogP contribution in [0.4, 0.5) is 0 Å². The number of carbonyl (C=O) groups is 2. The summed E-state index contributed by atoms with van der Waals surface area (Å²) in [5, 5.41) is 2.70. The lowest BCUT2D eigenvalue weighted by atomic mass is 10.0. The second kappa shape index (κ2) is 9.61. The van der Waals surface area contributed by atoms with Crippen molar-refractivity contribution in [2.45, 2.75) is 33.2 Å². The quantitative estimate of drug-likeness (QED) is 0.738. The SMILES string of the molecule is Cc1ccc(C(C)C)cc1OCC(=O)OCC(=O)NCc1ccccc1. The number of aryl methyl sites for hydroxylation is 1. The lowest BCUT2D eigenvalue weighted by Gasteiger charge is -2.12. The highest BCUT2D eigenvalue weighted by atomic mass is 16.6. The largest absolute Gasteiger partial charge is 0.482 e. The van der Waals surface area contributed by atoms with Crippen LogP contribution in [0.25, 0.3) is 0 Å². The van der Waals surface area contributed by atoms with Crippen molar-refractivity contribution in [2.75, 3.05) is 13.2 Å². The Morgan fingerprint density at radius 1 is 1.04 bits per heavy atom. The normalized spacial score (nSPS) is 10.5. The Morgan fingerprint density at radius 2 is 1.77 bits per heavy atom. The molecule has 0 aliphatic carbocycles. The number of carbonyl (C=O) groups excluding carboxylic acids is 2. The summed E-state index contributed by atoms with van der Waals surface area (Å²) in [5.74, 6) is 0.106. The van der Waals surface area contributed by atoms with Crippen LogP contribution in [-0.4, -0.2) is 25.1 Å². The van der Waals surface area contributed by atoms with Gasteiger partial charge in [-0.05, 0) is 35.6 Å². The minimum absolute atomic E-state index is 0.228. The van der Waals surface area contributed by atoms with Crippen LogP contribution in [0.1, 0.15) is 36.5 Å². The molecular formula is C21H25NO4. The maximum absolute atomic E-state index is 11.8. The number of benzene rings is 2. The molecule has 26 heavy (non-hydrogen) atoms. The van der Waals surface area contributed by atoms with Gasteiger partial charge in [-0.1, -0.05) is 56.3 Å². The van der Waals surface area contributed by atoms with Crippen molar-refractivity contribution in [2.24, 2.45) is 0 Å². The average Bonchev–Trinajstić information content (AvgIpc) is 2.64. The van der Waals surface area contributed by atoms with Crippen molar-refractivity contribution in [3.05, 3.63) is 65.2 Å². The summed E-state index contributed by atoms with van der Waals surface area (Å²) in [4.78, 5) is 23.5. The van der Waals surface area contributed by atoms with Gasteiger partial charge in [-0.3, -0.25) is 4.79 Å². The zero-order valence-electron chi connectivity index (χ0n) is 15.5. The van der Waals surface area contributed by atoms with Crippen molar-refractivity contribution in [3.63, 3.8) is 0 Å². The van der Waals surface area contributed by atoms with Gasteiger partial charge in [-0.2, -0.15) is 0 Å². The minimum Gasteiger partial charge on any atom is -0.482 e. The first-order valence-corrected chi connectivity index (χ1v) is 8.65. The molecule has 0 unspecified atom stereocenters. The number of nitrogens with one attached hydrogen (secondary N) is 1. The van der Waals surface area contributed by atoms with Crippen molar-refractivity contribution < 1.29 is 19.1 Å². The van der Waals surface area contributed by atoms with Gasteiger partial charge in [-0.25, -0.2) is 4.79 Å². The van der Waals surface area contributed by atoms with E-state index in [4.69, 9.17) is 9.47 Å². The molecule has 5 nitrogen and oxygen atoms in total. The fourth-order valence-corrected chi connectivity index (χ4v) is 2.30. The van der Waals surface area contributed by atoms with Crippen LogP contribution in [-0.2, 0) is 20.9 Å². The van der Waals surface area contributed by atoms with Crippen LogP contribution in [0.15, 0.2) is 48.5 Å². The predicted octanol–water partition coefficient (Wildman–Crippen LogP) is 3.36. The summed E-state index contributed by atoms with van der Waals surface area (Å²) in [6, 6.07) is 15.5. The molecule has 0 saturated heterocycles. The van der Waals surface area contributed by atoms with Gasteiger partial charge in [0, 0.05) is 6.54 Å². The van der Waals surface area contributed by atoms with Crippen molar-refractivity contribution in [1.82, 2.24) is 5.32 Å². The highest BCUT2D eigenvalue weighted by Crippen LogP contribution is 2.24. The van der Waals surface area contributed by atoms with E-state index in [1.54, 1.807) is 0 Å². The third kappa shape index (κ3) is 6.24. The molecular weight excluding hydrogens is 330 g/mol. The van der Waals surface area contributed by atoms with E-state index < -0.39 is 5.97 Å². The number of hydrogen-bond donors (Lipinski definition) is 1. The molecule has 138 valence electrons. The van der Waals surface area contributed by atoms with Crippen molar-refractivity contribution >= 4 is 11.9 Å². The highest BCUT2D eigenvalue weighted by molar-refractivity contribution is 5.80. The van der Waals surface area contributed by atoms with E-state index in [0.29, 0.717) is 18.2 Å². The fraction of sp³-hybridized carbons (Fsp3) is 0.333. The van der Waals surface area contributed by atoms with Crippen LogP contribution >= 0.6 is 0 Å². The molecule has 0 aromatic heterocycles. The summed E-state index contributed by atoms with van der Waals surface area (Å²) >= 11 is 0. The predicted molar refractivity (Wildman–Crippen MR) is 100 cm³/mol. The minimum atomic E-state index is -0.575. The lowest BCUT2D eigenvalue weighted by molar-refractivity contribution is -0.150. The first-order valence-electron chi connectivity index (χ1n) is 8.65. The summed E-state index contributed by atoms with van der Waals surface area (Å²) in [6.07, 6.45) is 0. The molecule has 0 fully saturated rings. The molecule has 2 aromatic rings. The van der Waals surface area contributed by atoms with E-state index in [1.165, 1.54) is 0 Å². The summed E-state index contributed by atoms with van der Waals surface area (Å²) in [5.41, 5.74) is 3.07. The smallest absolute Gasteiger partial charge is 0.344 e. The Balaban J connectivity index is 1.73. The highest BCUT2D eigenvalue weighted by Gasteiger charge is 2.10. The molecule has 1 amide bonds. The second-order valence-electron chi connectivity index (χ2n) is 6.39. The Bertz CT molecular complexity index is 741. The van der Waals surface area contributed by atoms with Gasteiger partial charge in [0.2, 0.25) is 0 Å². The summed E-state index contributed by atoms with van der Waals surface area (Å²) in [6.45, 7) is 5.96. The molecule has 0 aliphatic heterocycles. The average molecular weight is 355 g/mol. The molecule has 1 N–H and O–H groups in total. The Kier molecular flexibility index (Phi) is 7.21. The third-order valence-electron chi connectivity index (χ3n) is 3.92. The standard InChI is InChI=1S/C21H25NO4/c1-15(2)18-10-9-16(3)19(11-18)25-14-21(24)26-13-20(23)22-12-17-7-5-4-6-8-17/h4-11,15H,12-14H2,1-3H3,(H,22,23). The molecule has 0 heterocycles. The lowest BCUT2D eigenvalue weighted by Crippen LogP contribution is -2.29. The topological polar surface area (TPSA) is 64.6 Å². The van der Waals surface area contributed by atoms with Gasteiger partial charge in [0.1, 0.15) is 5.75 Å². The van der Waals surface area contributed by atoms with Crippen molar-refractivity contribution in [3.8, 4) is 5.75 Å². The molecule has 2 rings (SSSR count). The number of rotatable bonds is 8. The first kappa shape index (κ1) is 19.5. The Labute approximate surface area is 154 Å². The monoisotopic (exact) mass is 355 g/mol. The Morgan fingerprint density at radius 3 is 2.46 bits per heavy atom. The summed E-state index contributed by atoms with van der Waals surface area (Å²) in [7, 11) is 0. The van der Waals surface area contributed by atoms with Crippen LogP contribution in [0.2, 0.25) is 0 Å². The van der Waals surface area contributed by atoms with Gasteiger partial charge >= 0.3 is 5.97 Å². The van der Waals surface area contributed by atoms with Gasteiger partial charge in [-0.15, -0.1) is 0 Å². The van der Waals surface area contributed by atoms with E-state index in [0.717, 1.165) is 16.7 Å². The van der Waals surface area contributed by atoms with E-state index >= 15 is 0 Å². The zero-order valence-corrected chi connectivity index (χ0v) is 15.5. The number of ether oxygens (including phenoxy) is 2. The maximum atomic E-state index is 11.8. The Hall–Kier alpha value is -2.82. The third-order valence-corrected chi connectivity index (χ3v) is 3.92. The second-order valence-corrected chi connectivity index (χ2v) is 6.39. The van der Waals surface area contributed by atoms with Gasteiger partial charge in [0.15, 0.2) is 13.2 Å². The molecule has 0 spiro atoms. The van der Waals surface area contributed by atoms with Crippen LogP contribution in [0.5, 0.6) is 5.75 Å². The molecule has 0 radical (unpaired) electrons. The summed E-state index contributed by atoms with van der Waals surface area (Å²) < 4.78 is 10.5. The fourth-order valence-electron chi connectivity index (χ4n) is 2.30. The van der Waals surface area contributed by atoms with E-state index in [1.807, 2.05) is 55.5 Å². The van der Waals surface area contributed by atoms with Crippen molar-refractivity contribution in [1.29, 1.82) is 0 Å².